The van der Waals surface area contributed by atoms with Gasteiger partial charge in [0.25, 0.3) is 16.7 Å². The van der Waals surface area contributed by atoms with E-state index in [2.05, 4.69) is 27.7 Å². The van der Waals surface area contributed by atoms with Gasteiger partial charge in [-0.05, 0) is 36.6 Å². The van der Waals surface area contributed by atoms with Gasteiger partial charge in [0.1, 0.15) is 0 Å². The summed E-state index contributed by atoms with van der Waals surface area (Å²) in [4.78, 5) is 10.8. The molecule has 2 N–H and O–H groups in total. The molecule has 0 amide bonds. The molecule has 2 aliphatic heterocycles. The number of hydrogen-bond acceptors (Lipinski definition) is 5. The first kappa shape index (κ1) is 23.4. The standard InChI is InChI=1S/C20H29N5O2S.CH2O2/c1-2-3-9-23-11-12-25-20(16-23)13-19(22-25)14-21-28(26,27)24-10-8-17-6-4-5-7-18(17)15-24;2-1-3/h4-7,13,21H,2-3,8-12,14-16H2,1H3;1H,(H,2,3). The Hall–Kier alpha value is -2.27. The molecule has 0 atom stereocenters. The Bertz CT molecular complexity index is 976. The molecule has 2 aromatic rings. The molecule has 31 heavy (non-hydrogen) atoms. The van der Waals surface area contributed by atoms with Crippen molar-refractivity contribution in [1.82, 2.24) is 23.7 Å². The summed E-state index contributed by atoms with van der Waals surface area (Å²) >= 11 is 0. The molecule has 1 aromatic heterocycles. The molecule has 0 saturated heterocycles. The van der Waals surface area contributed by atoms with Gasteiger partial charge in [-0.15, -0.1) is 0 Å². The first-order valence-electron chi connectivity index (χ1n) is 10.6. The van der Waals surface area contributed by atoms with Gasteiger partial charge in [-0.2, -0.15) is 22.5 Å². The van der Waals surface area contributed by atoms with E-state index in [4.69, 9.17) is 9.90 Å². The lowest BCUT2D eigenvalue weighted by Crippen LogP contribution is -2.43. The Labute approximate surface area is 183 Å². The van der Waals surface area contributed by atoms with Gasteiger partial charge in [0.2, 0.25) is 0 Å². The van der Waals surface area contributed by atoms with Crippen molar-refractivity contribution in [3.05, 3.63) is 52.8 Å². The van der Waals surface area contributed by atoms with E-state index in [0.29, 0.717) is 13.1 Å². The van der Waals surface area contributed by atoms with Gasteiger partial charge in [0.05, 0.1) is 24.5 Å². The number of unbranched alkanes of at least 4 members (excludes halogenated alkanes) is 1. The fourth-order valence-corrected chi connectivity index (χ4v) is 5.12. The third-order valence-electron chi connectivity index (χ3n) is 5.63. The summed E-state index contributed by atoms with van der Waals surface area (Å²) in [5.41, 5.74) is 4.28. The van der Waals surface area contributed by atoms with E-state index in [1.165, 1.54) is 28.4 Å². The van der Waals surface area contributed by atoms with Crippen LogP contribution in [0.5, 0.6) is 0 Å². The van der Waals surface area contributed by atoms with Gasteiger partial charge in [0.15, 0.2) is 0 Å². The van der Waals surface area contributed by atoms with E-state index in [9.17, 15) is 8.42 Å². The lowest BCUT2D eigenvalue weighted by atomic mass is 10.0. The highest BCUT2D eigenvalue weighted by Crippen LogP contribution is 2.20. The molecule has 0 aliphatic carbocycles. The second-order valence-electron chi connectivity index (χ2n) is 7.76. The van der Waals surface area contributed by atoms with Crippen LogP contribution in [0.4, 0.5) is 0 Å². The molecule has 4 rings (SSSR count). The normalized spacial score (nSPS) is 16.7. The van der Waals surface area contributed by atoms with Crippen molar-refractivity contribution in [2.24, 2.45) is 0 Å². The summed E-state index contributed by atoms with van der Waals surface area (Å²) < 4.78 is 31.8. The van der Waals surface area contributed by atoms with E-state index in [1.807, 2.05) is 28.9 Å². The van der Waals surface area contributed by atoms with E-state index in [0.717, 1.165) is 43.9 Å². The monoisotopic (exact) mass is 449 g/mol. The predicted molar refractivity (Wildman–Crippen MR) is 117 cm³/mol. The molecule has 0 saturated carbocycles. The van der Waals surface area contributed by atoms with Crippen LogP contribution in [-0.4, -0.2) is 58.6 Å². The Balaban J connectivity index is 0.000000858. The van der Waals surface area contributed by atoms with Gasteiger partial charge in [-0.1, -0.05) is 37.6 Å². The molecule has 0 fully saturated rings. The van der Waals surface area contributed by atoms with Crippen LogP contribution in [0.15, 0.2) is 30.3 Å². The summed E-state index contributed by atoms with van der Waals surface area (Å²) in [6, 6.07) is 10.1. The summed E-state index contributed by atoms with van der Waals surface area (Å²) in [6.07, 6.45) is 3.16. The minimum Gasteiger partial charge on any atom is -0.483 e. The topological polar surface area (TPSA) is 108 Å². The average molecular weight is 450 g/mol. The molecule has 9 nitrogen and oxygen atoms in total. The molecule has 3 heterocycles. The molecule has 10 heteroatoms. The number of carbonyl (C=O) groups is 1. The Morgan fingerprint density at radius 1 is 1.16 bits per heavy atom. The molecule has 0 spiro atoms. The number of hydrogen-bond donors (Lipinski definition) is 2. The highest BCUT2D eigenvalue weighted by Gasteiger charge is 2.26. The predicted octanol–water partition coefficient (Wildman–Crippen LogP) is 1.59. The van der Waals surface area contributed by atoms with E-state index < -0.39 is 10.2 Å². The van der Waals surface area contributed by atoms with E-state index >= 15 is 0 Å². The molecule has 0 unspecified atom stereocenters. The first-order valence-corrected chi connectivity index (χ1v) is 12.1. The number of rotatable bonds is 7. The van der Waals surface area contributed by atoms with Crippen LogP contribution in [0.2, 0.25) is 0 Å². The van der Waals surface area contributed by atoms with E-state index in [-0.39, 0.29) is 13.0 Å². The van der Waals surface area contributed by atoms with Crippen LogP contribution in [-0.2, 0) is 47.6 Å². The zero-order valence-electron chi connectivity index (χ0n) is 17.9. The van der Waals surface area contributed by atoms with Crippen LogP contribution < -0.4 is 4.72 Å². The fraction of sp³-hybridized carbons (Fsp3) is 0.524. The molecule has 2 aliphatic rings. The van der Waals surface area contributed by atoms with Crippen LogP contribution in [0.25, 0.3) is 0 Å². The van der Waals surface area contributed by atoms with Gasteiger partial charge in [-0.3, -0.25) is 14.4 Å². The lowest BCUT2D eigenvalue weighted by Gasteiger charge is -2.27. The van der Waals surface area contributed by atoms with Crippen molar-refractivity contribution in [2.75, 3.05) is 19.6 Å². The second-order valence-corrected chi connectivity index (χ2v) is 9.52. The molecule has 0 radical (unpaired) electrons. The van der Waals surface area contributed by atoms with E-state index in [1.54, 1.807) is 0 Å². The van der Waals surface area contributed by atoms with Gasteiger partial charge in [-0.25, -0.2) is 0 Å². The second kappa shape index (κ2) is 10.9. The quantitative estimate of drug-likeness (QED) is 0.622. The van der Waals surface area contributed by atoms with Gasteiger partial charge >= 0.3 is 0 Å². The summed E-state index contributed by atoms with van der Waals surface area (Å²) in [5.74, 6) is 0. The lowest BCUT2D eigenvalue weighted by molar-refractivity contribution is -0.122. The maximum atomic E-state index is 12.8. The molecule has 170 valence electrons. The van der Waals surface area contributed by atoms with Crippen LogP contribution in [0, 0.1) is 0 Å². The minimum absolute atomic E-state index is 0.232. The third kappa shape index (κ3) is 6.13. The maximum absolute atomic E-state index is 12.8. The van der Waals surface area contributed by atoms with Crippen LogP contribution in [0.1, 0.15) is 42.3 Å². The highest BCUT2D eigenvalue weighted by atomic mass is 32.2. The number of nitrogens with one attached hydrogen (secondary N) is 1. The van der Waals surface area contributed by atoms with Gasteiger partial charge < -0.3 is 5.11 Å². The van der Waals surface area contributed by atoms with Crippen molar-refractivity contribution in [2.45, 2.75) is 52.4 Å². The van der Waals surface area contributed by atoms with Crippen molar-refractivity contribution in [3.63, 3.8) is 0 Å². The zero-order valence-corrected chi connectivity index (χ0v) is 18.7. The average Bonchev–Trinajstić information content (AvgIpc) is 3.19. The number of carboxylic acid groups (broad SMARTS) is 1. The number of aromatic nitrogens is 2. The Kier molecular flexibility index (Phi) is 8.19. The molecular formula is C21H31N5O4S. The summed E-state index contributed by atoms with van der Waals surface area (Å²) in [5, 5.41) is 11.5. The molecule has 0 bridgehead atoms. The maximum Gasteiger partial charge on any atom is 0.290 e. The van der Waals surface area contributed by atoms with Gasteiger partial charge in [0, 0.05) is 26.2 Å². The number of fused-ring (bicyclic) bond motifs is 2. The summed E-state index contributed by atoms with van der Waals surface area (Å²) in [7, 11) is -3.52. The first-order chi connectivity index (χ1) is 15.0. The Morgan fingerprint density at radius 2 is 1.90 bits per heavy atom. The van der Waals surface area contributed by atoms with Crippen molar-refractivity contribution >= 4 is 16.7 Å². The van der Waals surface area contributed by atoms with Crippen molar-refractivity contribution in [3.8, 4) is 0 Å². The molecule has 1 aromatic carbocycles. The zero-order chi connectivity index (χ0) is 22.3. The smallest absolute Gasteiger partial charge is 0.290 e. The largest absolute Gasteiger partial charge is 0.483 e. The fourth-order valence-electron chi connectivity index (χ4n) is 3.97. The SMILES string of the molecule is CCCCN1CCn2nc(CNS(=O)(=O)N3CCc4ccccc4C3)cc2C1.O=CO. The van der Waals surface area contributed by atoms with Crippen LogP contribution >= 0.6 is 0 Å². The number of nitrogens with zero attached hydrogens (tertiary/aromatic N) is 4. The summed E-state index contributed by atoms with van der Waals surface area (Å²) in [6.45, 7) is 7.01. The molecular weight excluding hydrogens is 418 g/mol. The number of benzene rings is 1. The van der Waals surface area contributed by atoms with Crippen LogP contribution in [0.3, 0.4) is 0 Å². The van der Waals surface area contributed by atoms with Crippen molar-refractivity contribution < 1.29 is 18.3 Å². The van der Waals surface area contributed by atoms with Crippen molar-refractivity contribution in [1.29, 1.82) is 0 Å². The third-order valence-corrected chi connectivity index (χ3v) is 7.13. The Morgan fingerprint density at radius 3 is 2.65 bits per heavy atom. The minimum atomic E-state index is -3.52. The highest BCUT2D eigenvalue weighted by molar-refractivity contribution is 7.87.